The van der Waals surface area contributed by atoms with Crippen LogP contribution in [0.2, 0.25) is 0 Å². The van der Waals surface area contributed by atoms with Gasteiger partial charge in [0, 0.05) is 0 Å². The van der Waals surface area contributed by atoms with Crippen molar-refractivity contribution in [2.45, 2.75) is 44.9 Å². The van der Waals surface area contributed by atoms with Crippen LogP contribution in [-0.2, 0) is 4.79 Å². The summed E-state index contributed by atoms with van der Waals surface area (Å²) in [7, 11) is 0. The van der Waals surface area contributed by atoms with Crippen molar-refractivity contribution in [2.24, 2.45) is 11.3 Å². The van der Waals surface area contributed by atoms with Crippen LogP contribution < -0.4 is 0 Å². The van der Waals surface area contributed by atoms with Crippen LogP contribution >= 0.6 is 0 Å². The Hall–Kier alpha value is -0.530. The summed E-state index contributed by atoms with van der Waals surface area (Å²) in [6, 6.07) is 0. The number of carboxylic acid groups (broad SMARTS) is 1. The van der Waals surface area contributed by atoms with E-state index in [-0.39, 0.29) is 11.3 Å². The quantitative estimate of drug-likeness (QED) is 0.653. The fraction of sp³-hybridized carbons (Fsp3) is 0.900. The van der Waals surface area contributed by atoms with Crippen LogP contribution in [-0.4, -0.2) is 11.1 Å². The van der Waals surface area contributed by atoms with Crippen molar-refractivity contribution in [1.82, 2.24) is 0 Å². The molecule has 0 unspecified atom stereocenters. The fourth-order valence-corrected chi connectivity index (χ4v) is 2.63. The molecule has 68 valence electrons. The van der Waals surface area contributed by atoms with Gasteiger partial charge in [-0.25, -0.2) is 0 Å². The van der Waals surface area contributed by atoms with Crippen LogP contribution in [0.25, 0.3) is 0 Å². The molecule has 2 aliphatic carbocycles. The van der Waals surface area contributed by atoms with Crippen molar-refractivity contribution in [2.75, 3.05) is 0 Å². The molecule has 0 aromatic rings. The van der Waals surface area contributed by atoms with E-state index in [1.54, 1.807) is 0 Å². The van der Waals surface area contributed by atoms with Crippen molar-refractivity contribution in [3.8, 4) is 0 Å². The first kappa shape index (κ1) is 8.09. The largest absolute Gasteiger partial charge is 0.481 e. The first-order valence-corrected chi connectivity index (χ1v) is 4.97. The molecule has 0 aromatic heterocycles. The minimum Gasteiger partial charge on any atom is -0.481 e. The number of carboxylic acids is 1. The van der Waals surface area contributed by atoms with E-state index in [0.29, 0.717) is 0 Å². The summed E-state index contributed by atoms with van der Waals surface area (Å²) in [5.74, 6) is -0.561. The Labute approximate surface area is 73.0 Å². The van der Waals surface area contributed by atoms with E-state index in [0.717, 1.165) is 12.8 Å². The minimum absolute atomic E-state index is 0.0139. The van der Waals surface area contributed by atoms with E-state index in [4.69, 9.17) is 5.11 Å². The van der Waals surface area contributed by atoms with Gasteiger partial charge in [-0.05, 0) is 31.1 Å². The maximum Gasteiger partial charge on any atom is 0.307 e. The van der Waals surface area contributed by atoms with Gasteiger partial charge in [0.25, 0.3) is 0 Å². The predicted octanol–water partition coefficient (Wildman–Crippen LogP) is 2.43. The summed E-state index contributed by atoms with van der Waals surface area (Å²) < 4.78 is 0. The Balaban J connectivity index is 2.11. The maximum atomic E-state index is 11.0. The lowest BCUT2D eigenvalue weighted by Gasteiger charge is -2.19. The van der Waals surface area contributed by atoms with Gasteiger partial charge in [0.1, 0.15) is 0 Å². The van der Waals surface area contributed by atoms with Crippen LogP contribution in [0.4, 0.5) is 0 Å². The molecule has 0 aliphatic heterocycles. The van der Waals surface area contributed by atoms with Crippen molar-refractivity contribution >= 4 is 5.97 Å². The number of hydrogen-bond donors (Lipinski definition) is 1. The number of rotatable bonds is 1. The highest BCUT2D eigenvalue weighted by atomic mass is 16.4. The molecule has 1 N–H and O–H groups in total. The third-order valence-corrected chi connectivity index (χ3v) is 3.60. The van der Waals surface area contributed by atoms with Gasteiger partial charge in [0.05, 0.1) is 5.92 Å². The zero-order chi connectivity index (χ0) is 8.60. The van der Waals surface area contributed by atoms with Crippen LogP contribution in [0.1, 0.15) is 44.9 Å². The van der Waals surface area contributed by atoms with Crippen molar-refractivity contribution in [3.63, 3.8) is 0 Å². The third kappa shape index (κ3) is 1.23. The Morgan fingerprint density at radius 3 is 2.50 bits per heavy atom. The van der Waals surface area contributed by atoms with Crippen LogP contribution in [0.3, 0.4) is 0 Å². The maximum absolute atomic E-state index is 11.0. The molecule has 2 nitrogen and oxygen atoms in total. The van der Waals surface area contributed by atoms with Gasteiger partial charge < -0.3 is 5.11 Å². The molecule has 2 fully saturated rings. The lowest BCUT2D eigenvalue weighted by Crippen LogP contribution is -2.23. The molecule has 0 saturated heterocycles. The monoisotopic (exact) mass is 168 g/mol. The molecular weight excluding hydrogens is 152 g/mol. The Bertz CT molecular complexity index is 194. The molecule has 2 rings (SSSR count). The topological polar surface area (TPSA) is 37.3 Å². The van der Waals surface area contributed by atoms with Gasteiger partial charge >= 0.3 is 5.97 Å². The summed E-state index contributed by atoms with van der Waals surface area (Å²) in [5.41, 5.74) is 0.252. The average Bonchev–Trinajstić information content (AvgIpc) is 2.80. The SMILES string of the molecule is O=C(O)[C@@H]1CCCCCC12CC2. The Morgan fingerprint density at radius 1 is 1.17 bits per heavy atom. The molecule has 2 heteroatoms. The second-order valence-electron chi connectivity index (χ2n) is 4.35. The Kier molecular flexibility index (Phi) is 1.85. The highest BCUT2D eigenvalue weighted by molar-refractivity contribution is 5.71. The standard InChI is InChI=1S/C10H16O2/c11-9(12)8-4-2-1-3-5-10(8)6-7-10/h8H,1-7H2,(H,11,12)/t8-/m0/s1. The van der Waals surface area contributed by atoms with Gasteiger partial charge in [0.2, 0.25) is 0 Å². The summed E-state index contributed by atoms with van der Waals surface area (Å²) in [6.07, 6.45) is 8.06. The molecule has 0 heterocycles. The number of hydrogen-bond acceptors (Lipinski definition) is 1. The van der Waals surface area contributed by atoms with Crippen LogP contribution in [0.5, 0.6) is 0 Å². The van der Waals surface area contributed by atoms with E-state index in [1.165, 1.54) is 32.1 Å². The normalized spacial score (nSPS) is 32.8. The molecule has 12 heavy (non-hydrogen) atoms. The number of carbonyl (C=O) groups is 1. The molecule has 1 atom stereocenters. The van der Waals surface area contributed by atoms with Gasteiger partial charge in [-0.1, -0.05) is 19.3 Å². The number of aliphatic carboxylic acids is 1. The van der Waals surface area contributed by atoms with Crippen LogP contribution in [0.15, 0.2) is 0 Å². The molecule has 2 saturated carbocycles. The molecule has 2 aliphatic rings. The third-order valence-electron chi connectivity index (χ3n) is 3.60. The van der Waals surface area contributed by atoms with E-state index in [9.17, 15) is 4.79 Å². The highest BCUT2D eigenvalue weighted by Gasteiger charge is 2.51. The lowest BCUT2D eigenvalue weighted by atomic mass is 9.85. The highest BCUT2D eigenvalue weighted by Crippen LogP contribution is 2.58. The fourth-order valence-electron chi connectivity index (χ4n) is 2.63. The minimum atomic E-state index is -0.547. The van der Waals surface area contributed by atoms with Crippen molar-refractivity contribution in [1.29, 1.82) is 0 Å². The second kappa shape index (κ2) is 2.75. The molecular formula is C10H16O2. The summed E-state index contributed by atoms with van der Waals surface area (Å²) in [4.78, 5) is 11.0. The Morgan fingerprint density at radius 2 is 1.92 bits per heavy atom. The second-order valence-corrected chi connectivity index (χ2v) is 4.35. The molecule has 0 bridgehead atoms. The summed E-state index contributed by atoms with van der Waals surface area (Å²) >= 11 is 0. The summed E-state index contributed by atoms with van der Waals surface area (Å²) in [6.45, 7) is 0. The van der Waals surface area contributed by atoms with Gasteiger partial charge in [-0.2, -0.15) is 0 Å². The van der Waals surface area contributed by atoms with Gasteiger partial charge in [0.15, 0.2) is 0 Å². The van der Waals surface area contributed by atoms with E-state index < -0.39 is 5.97 Å². The first-order valence-electron chi connectivity index (χ1n) is 4.97. The molecule has 0 amide bonds. The van der Waals surface area contributed by atoms with Gasteiger partial charge in [-0.3, -0.25) is 4.79 Å². The summed E-state index contributed by atoms with van der Waals surface area (Å²) in [5, 5.41) is 9.04. The smallest absolute Gasteiger partial charge is 0.307 e. The first-order chi connectivity index (χ1) is 5.75. The average molecular weight is 168 g/mol. The molecule has 0 aromatic carbocycles. The predicted molar refractivity (Wildman–Crippen MR) is 45.9 cm³/mol. The zero-order valence-electron chi connectivity index (χ0n) is 7.38. The van der Waals surface area contributed by atoms with Gasteiger partial charge in [-0.15, -0.1) is 0 Å². The van der Waals surface area contributed by atoms with E-state index in [1.807, 2.05) is 0 Å². The van der Waals surface area contributed by atoms with Crippen molar-refractivity contribution in [3.05, 3.63) is 0 Å². The van der Waals surface area contributed by atoms with Crippen molar-refractivity contribution < 1.29 is 9.90 Å². The van der Waals surface area contributed by atoms with E-state index in [2.05, 4.69) is 0 Å². The zero-order valence-corrected chi connectivity index (χ0v) is 7.38. The molecule has 0 radical (unpaired) electrons. The van der Waals surface area contributed by atoms with E-state index >= 15 is 0 Å². The van der Waals surface area contributed by atoms with Crippen LogP contribution in [0, 0.1) is 11.3 Å². The lowest BCUT2D eigenvalue weighted by molar-refractivity contribution is -0.144. The molecule has 1 spiro atoms.